The molecule has 0 aliphatic carbocycles. The molecule has 114 valence electrons. The van der Waals surface area contributed by atoms with Gasteiger partial charge >= 0.3 is 0 Å². The quantitative estimate of drug-likeness (QED) is 0.674. The molecular weight excluding hydrogens is 278 g/mol. The Morgan fingerprint density at radius 3 is 2.86 bits per heavy atom. The maximum Gasteiger partial charge on any atom is 0.106 e. The summed E-state index contributed by atoms with van der Waals surface area (Å²) in [6, 6.07) is 10.6. The second kappa shape index (κ2) is 9.06. The topological polar surface area (TPSA) is 21.6 Å². The minimum absolute atomic E-state index is 0.166. The van der Waals surface area contributed by atoms with Gasteiger partial charge in [0, 0.05) is 18.1 Å². The van der Waals surface area contributed by atoms with Gasteiger partial charge in [0.2, 0.25) is 0 Å². The lowest BCUT2D eigenvalue weighted by Crippen LogP contribution is -2.22. The second-order valence-corrected chi connectivity index (χ2v) is 6.36. The lowest BCUT2D eigenvalue weighted by Gasteiger charge is -2.18. The van der Waals surface area contributed by atoms with Crippen LogP contribution in [0, 0.1) is 0 Å². The minimum atomic E-state index is 0.166. The molecule has 0 saturated heterocycles. The van der Waals surface area contributed by atoms with Crippen LogP contribution in [0.15, 0.2) is 47.1 Å². The summed E-state index contributed by atoms with van der Waals surface area (Å²) < 4.78 is 6.07. The predicted molar refractivity (Wildman–Crippen MR) is 92.8 cm³/mol. The molecule has 0 saturated carbocycles. The number of unbranched alkanes of at least 4 members (excludes halogenated alkanes) is 1. The third-order valence-electron chi connectivity index (χ3n) is 3.48. The van der Waals surface area contributed by atoms with Crippen molar-refractivity contribution in [2.75, 3.05) is 6.61 Å². The number of rotatable bonds is 6. The number of thioether (sulfide) groups is 1. The molecule has 1 aliphatic rings. The third kappa shape index (κ3) is 5.68. The Morgan fingerprint density at radius 2 is 2.10 bits per heavy atom. The predicted octanol–water partition coefficient (Wildman–Crippen LogP) is 5.20. The van der Waals surface area contributed by atoms with Gasteiger partial charge in [-0.15, -0.1) is 11.8 Å². The van der Waals surface area contributed by atoms with E-state index in [-0.39, 0.29) is 6.10 Å². The van der Waals surface area contributed by atoms with Crippen LogP contribution in [0.5, 0.6) is 0 Å². The summed E-state index contributed by atoms with van der Waals surface area (Å²) in [5.41, 5.74) is 2.45. The molecule has 1 aromatic carbocycles. The number of ether oxygens (including phenoxy) is 1. The van der Waals surface area contributed by atoms with Crippen LogP contribution in [0.25, 0.3) is 0 Å². The number of nitrogens with zero attached hydrogens (tertiary/aromatic N) is 1. The average Bonchev–Trinajstić information content (AvgIpc) is 2.68. The van der Waals surface area contributed by atoms with E-state index >= 15 is 0 Å². The van der Waals surface area contributed by atoms with Crippen molar-refractivity contribution in [1.29, 1.82) is 0 Å². The molecule has 0 spiro atoms. The normalized spacial score (nSPS) is 18.9. The summed E-state index contributed by atoms with van der Waals surface area (Å²) in [5, 5.41) is 1.14. The highest BCUT2D eigenvalue weighted by molar-refractivity contribution is 8.13. The number of aliphatic imine (C=N–C) groups is 1. The lowest BCUT2D eigenvalue weighted by atomic mass is 10.2. The molecule has 0 N–H and O–H groups in total. The first kappa shape index (κ1) is 16.3. The summed E-state index contributed by atoms with van der Waals surface area (Å²) in [6.07, 6.45) is 6.78. The van der Waals surface area contributed by atoms with Crippen LogP contribution in [0.2, 0.25) is 0 Å². The Hall–Kier alpha value is -1.06. The summed E-state index contributed by atoms with van der Waals surface area (Å²) in [6.45, 7) is 5.12. The van der Waals surface area contributed by atoms with Gasteiger partial charge in [0.25, 0.3) is 0 Å². The summed E-state index contributed by atoms with van der Waals surface area (Å²) in [5.74, 6) is 0.959. The van der Waals surface area contributed by atoms with Crippen LogP contribution >= 0.6 is 11.8 Å². The van der Waals surface area contributed by atoms with Gasteiger partial charge < -0.3 is 4.74 Å². The number of hydrogen-bond acceptors (Lipinski definition) is 3. The molecule has 1 aromatic rings. The first-order valence-electron chi connectivity index (χ1n) is 7.83. The summed E-state index contributed by atoms with van der Waals surface area (Å²) in [4.78, 5) is 4.77. The van der Waals surface area contributed by atoms with Gasteiger partial charge in [-0.3, -0.25) is 0 Å². The monoisotopic (exact) mass is 303 g/mol. The highest BCUT2D eigenvalue weighted by atomic mass is 32.2. The molecule has 0 fully saturated rings. The van der Waals surface area contributed by atoms with E-state index in [1.807, 2.05) is 11.8 Å². The van der Waals surface area contributed by atoms with Gasteiger partial charge in [0.05, 0.1) is 0 Å². The largest absolute Gasteiger partial charge is 0.371 e. The van der Waals surface area contributed by atoms with E-state index in [2.05, 4.69) is 50.3 Å². The highest BCUT2D eigenvalue weighted by Crippen LogP contribution is 2.24. The van der Waals surface area contributed by atoms with Crippen LogP contribution < -0.4 is 0 Å². The number of benzene rings is 1. The highest BCUT2D eigenvalue weighted by Gasteiger charge is 2.19. The van der Waals surface area contributed by atoms with Crippen molar-refractivity contribution < 1.29 is 4.74 Å². The first-order chi connectivity index (χ1) is 10.3. The smallest absolute Gasteiger partial charge is 0.106 e. The Kier molecular flexibility index (Phi) is 7.04. The van der Waals surface area contributed by atoms with E-state index in [0.717, 1.165) is 42.4 Å². The van der Waals surface area contributed by atoms with E-state index in [1.165, 1.54) is 12.0 Å². The van der Waals surface area contributed by atoms with Crippen LogP contribution in [-0.4, -0.2) is 17.8 Å². The standard InChI is InChI=1S/C18H25NOS/c1-3-4-13-20-17-12-8-9-15(2)19-18(17)21-14-16-10-6-5-7-11-16/h5-7,9-11,17H,3-4,8,12-14H2,1-2H3. The number of allylic oxidation sites excluding steroid dienone is 2. The van der Waals surface area contributed by atoms with Crippen molar-refractivity contribution >= 4 is 16.8 Å². The van der Waals surface area contributed by atoms with Crippen LogP contribution in [0.4, 0.5) is 0 Å². The zero-order chi connectivity index (χ0) is 14.9. The first-order valence-corrected chi connectivity index (χ1v) is 8.82. The minimum Gasteiger partial charge on any atom is -0.371 e. The molecule has 1 unspecified atom stereocenters. The van der Waals surface area contributed by atoms with Crippen molar-refractivity contribution in [3.8, 4) is 0 Å². The maximum absolute atomic E-state index is 6.07. The zero-order valence-corrected chi connectivity index (χ0v) is 13.9. The molecule has 1 atom stereocenters. The van der Waals surface area contributed by atoms with E-state index in [1.54, 1.807) is 0 Å². The van der Waals surface area contributed by atoms with E-state index in [9.17, 15) is 0 Å². The zero-order valence-electron chi connectivity index (χ0n) is 13.0. The van der Waals surface area contributed by atoms with Crippen molar-refractivity contribution in [1.82, 2.24) is 0 Å². The molecule has 0 bridgehead atoms. The molecule has 3 heteroatoms. The fourth-order valence-corrected chi connectivity index (χ4v) is 3.33. The second-order valence-electron chi connectivity index (χ2n) is 5.36. The van der Waals surface area contributed by atoms with Crippen molar-refractivity contribution in [2.45, 2.75) is 51.4 Å². The molecular formula is C18H25NOS. The van der Waals surface area contributed by atoms with Gasteiger partial charge in [-0.05, 0) is 31.7 Å². The van der Waals surface area contributed by atoms with E-state index < -0.39 is 0 Å². The molecule has 0 radical (unpaired) electrons. The van der Waals surface area contributed by atoms with Crippen LogP contribution in [0.3, 0.4) is 0 Å². The Labute approximate surface area is 132 Å². The fourth-order valence-electron chi connectivity index (χ4n) is 2.24. The van der Waals surface area contributed by atoms with E-state index in [4.69, 9.17) is 9.73 Å². The molecule has 0 amide bonds. The SMILES string of the molecule is CCCCOC1CCC=C(C)N=C1SCc1ccccc1. The Bertz CT molecular complexity index is 481. The molecule has 0 aromatic heterocycles. The van der Waals surface area contributed by atoms with Crippen molar-refractivity contribution in [3.05, 3.63) is 47.7 Å². The van der Waals surface area contributed by atoms with E-state index in [0.29, 0.717) is 0 Å². The molecule has 1 heterocycles. The van der Waals surface area contributed by atoms with Gasteiger partial charge in [0.15, 0.2) is 0 Å². The van der Waals surface area contributed by atoms with Crippen LogP contribution in [-0.2, 0) is 10.5 Å². The average molecular weight is 303 g/mol. The van der Waals surface area contributed by atoms with Gasteiger partial charge in [0.1, 0.15) is 11.1 Å². The van der Waals surface area contributed by atoms with Crippen molar-refractivity contribution in [2.24, 2.45) is 4.99 Å². The number of hydrogen-bond donors (Lipinski definition) is 0. The molecule has 21 heavy (non-hydrogen) atoms. The third-order valence-corrected chi connectivity index (χ3v) is 4.60. The molecule has 2 rings (SSSR count). The van der Waals surface area contributed by atoms with Gasteiger partial charge in [-0.25, -0.2) is 4.99 Å². The molecule has 1 aliphatic heterocycles. The summed E-state index contributed by atoms with van der Waals surface area (Å²) >= 11 is 1.82. The Balaban J connectivity index is 1.97. The van der Waals surface area contributed by atoms with Gasteiger partial charge in [-0.2, -0.15) is 0 Å². The van der Waals surface area contributed by atoms with Crippen LogP contribution in [0.1, 0.15) is 45.1 Å². The summed E-state index contributed by atoms with van der Waals surface area (Å²) in [7, 11) is 0. The fraction of sp³-hybridized carbons (Fsp3) is 0.500. The van der Waals surface area contributed by atoms with Crippen molar-refractivity contribution in [3.63, 3.8) is 0 Å². The Morgan fingerprint density at radius 1 is 1.29 bits per heavy atom. The lowest BCUT2D eigenvalue weighted by molar-refractivity contribution is 0.0927. The molecule has 2 nitrogen and oxygen atoms in total. The maximum atomic E-state index is 6.07. The van der Waals surface area contributed by atoms with Gasteiger partial charge in [-0.1, -0.05) is 49.8 Å².